The number of aryl methyl sites for hydroxylation is 1. The van der Waals surface area contributed by atoms with Gasteiger partial charge in [0.05, 0.1) is 24.0 Å². The van der Waals surface area contributed by atoms with E-state index in [2.05, 4.69) is 4.90 Å². The number of nitro benzene ring substituents is 1. The summed E-state index contributed by atoms with van der Waals surface area (Å²) in [5.74, 6) is 1.48. The van der Waals surface area contributed by atoms with Crippen LogP contribution in [0, 0.1) is 17.0 Å². The fourth-order valence-corrected chi connectivity index (χ4v) is 5.16. The van der Waals surface area contributed by atoms with Crippen molar-refractivity contribution in [2.24, 2.45) is 0 Å². The lowest BCUT2D eigenvalue weighted by molar-refractivity contribution is -0.385. The van der Waals surface area contributed by atoms with E-state index < -0.39 is 14.9 Å². The molecule has 0 spiro atoms. The van der Waals surface area contributed by atoms with Crippen LogP contribution in [0.3, 0.4) is 0 Å². The highest BCUT2D eigenvalue weighted by Crippen LogP contribution is 2.28. The molecule has 1 aliphatic rings. The van der Waals surface area contributed by atoms with Crippen molar-refractivity contribution in [1.82, 2.24) is 9.21 Å². The van der Waals surface area contributed by atoms with E-state index >= 15 is 0 Å². The molecule has 0 radical (unpaired) electrons. The Kier molecular flexibility index (Phi) is 6.59. The molecule has 162 valence electrons. The highest BCUT2D eigenvalue weighted by molar-refractivity contribution is 7.89. The number of ether oxygens (including phenoxy) is 2. The van der Waals surface area contributed by atoms with E-state index in [4.69, 9.17) is 9.47 Å². The standard InChI is InChI=1S/C20H25N3O6S/c1-15-4-5-17(23(24)25)13-20(15)30(26,27)22-10-8-21(9-11-22)14-16-12-18(28-2)6-7-19(16)29-3/h4-7,12-13H,8-11,14H2,1-3H3. The SMILES string of the molecule is COc1ccc(OC)c(CN2CCN(S(=O)(=O)c3cc([N+](=O)[O-])ccc3C)CC2)c1. The van der Waals surface area contributed by atoms with Crippen LogP contribution in [0.1, 0.15) is 11.1 Å². The molecule has 0 N–H and O–H groups in total. The van der Waals surface area contributed by atoms with Gasteiger partial charge in [-0.05, 0) is 30.7 Å². The third-order valence-corrected chi connectivity index (χ3v) is 7.25. The first kappa shape index (κ1) is 22.0. The maximum Gasteiger partial charge on any atom is 0.270 e. The highest BCUT2D eigenvalue weighted by atomic mass is 32.2. The maximum atomic E-state index is 13.1. The number of hydrogen-bond acceptors (Lipinski definition) is 7. The molecule has 1 heterocycles. The molecule has 1 fully saturated rings. The van der Waals surface area contributed by atoms with Crippen molar-refractivity contribution < 1.29 is 22.8 Å². The van der Waals surface area contributed by atoms with Gasteiger partial charge in [0.15, 0.2) is 0 Å². The van der Waals surface area contributed by atoms with E-state index in [0.717, 1.165) is 23.1 Å². The molecule has 9 nitrogen and oxygen atoms in total. The summed E-state index contributed by atoms with van der Waals surface area (Å²) in [6.07, 6.45) is 0. The monoisotopic (exact) mass is 435 g/mol. The van der Waals surface area contributed by atoms with E-state index in [-0.39, 0.29) is 10.6 Å². The zero-order valence-corrected chi connectivity index (χ0v) is 18.0. The summed E-state index contributed by atoms with van der Waals surface area (Å²) in [5, 5.41) is 11.1. The minimum Gasteiger partial charge on any atom is -0.497 e. The van der Waals surface area contributed by atoms with Crippen LogP contribution in [0.15, 0.2) is 41.3 Å². The van der Waals surface area contributed by atoms with Crippen molar-refractivity contribution in [3.05, 3.63) is 57.6 Å². The molecule has 0 saturated carbocycles. The van der Waals surface area contributed by atoms with Crippen LogP contribution in [0.25, 0.3) is 0 Å². The molecule has 0 aliphatic carbocycles. The Morgan fingerprint density at radius 3 is 2.33 bits per heavy atom. The lowest BCUT2D eigenvalue weighted by Gasteiger charge is -2.34. The molecule has 0 bridgehead atoms. The minimum absolute atomic E-state index is 0.0142. The molecule has 0 aromatic heterocycles. The number of nitro groups is 1. The zero-order chi connectivity index (χ0) is 21.9. The summed E-state index contributed by atoms with van der Waals surface area (Å²) >= 11 is 0. The second-order valence-electron chi connectivity index (χ2n) is 7.06. The molecular formula is C20H25N3O6S. The Balaban J connectivity index is 1.73. The summed E-state index contributed by atoms with van der Waals surface area (Å²) in [4.78, 5) is 12.6. The fourth-order valence-electron chi connectivity index (χ4n) is 3.49. The molecule has 2 aromatic rings. The molecule has 2 aromatic carbocycles. The average Bonchev–Trinajstić information content (AvgIpc) is 2.74. The first-order valence-corrected chi connectivity index (χ1v) is 10.9. The topological polar surface area (TPSA) is 102 Å². The third kappa shape index (κ3) is 4.55. The summed E-state index contributed by atoms with van der Waals surface area (Å²) in [6, 6.07) is 9.50. The second-order valence-corrected chi connectivity index (χ2v) is 8.97. The Morgan fingerprint density at radius 1 is 1.03 bits per heavy atom. The first-order chi connectivity index (χ1) is 14.3. The van der Waals surface area contributed by atoms with Gasteiger partial charge < -0.3 is 9.47 Å². The van der Waals surface area contributed by atoms with Crippen molar-refractivity contribution in [2.75, 3.05) is 40.4 Å². The van der Waals surface area contributed by atoms with Gasteiger partial charge in [-0.1, -0.05) is 6.07 Å². The average molecular weight is 436 g/mol. The lowest BCUT2D eigenvalue weighted by Crippen LogP contribution is -2.48. The summed E-state index contributed by atoms with van der Waals surface area (Å²) < 4.78 is 38.2. The number of hydrogen-bond donors (Lipinski definition) is 0. The van der Waals surface area contributed by atoms with Gasteiger partial charge in [0.1, 0.15) is 11.5 Å². The van der Waals surface area contributed by atoms with Crippen molar-refractivity contribution in [2.45, 2.75) is 18.4 Å². The van der Waals surface area contributed by atoms with E-state index in [1.54, 1.807) is 21.1 Å². The number of non-ortho nitro benzene ring substituents is 1. The van der Waals surface area contributed by atoms with Crippen molar-refractivity contribution >= 4 is 15.7 Å². The molecule has 10 heteroatoms. The van der Waals surface area contributed by atoms with E-state index in [1.165, 1.54) is 16.4 Å². The van der Waals surface area contributed by atoms with Crippen LogP contribution in [-0.2, 0) is 16.6 Å². The number of nitrogens with zero attached hydrogens (tertiary/aromatic N) is 3. The van der Waals surface area contributed by atoms with Crippen LogP contribution < -0.4 is 9.47 Å². The first-order valence-electron chi connectivity index (χ1n) is 9.44. The van der Waals surface area contributed by atoms with Gasteiger partial charge in [0.25, 0.3) is 5.69 Å². The van der Waals surface area contributed by atoms with Crippen LogP contribution in [0.5, 0.6) is 11.5 Å². The highest BCUT2D eigenvalue weighted by Gasteiger charge is 2.31. The van der Waals surface area contributed by atoms with Gasteiger partial charge in [0, 0.05) is 50.4 Å². The molecule has 0 unspecified atom stereocenters. The van der Waals surface area contributed by atoms with E-state index in [1.807, 2.05) is 18.2 Å². The summed E-state index contributed by atoms with van der Waals surface area (Å²) in [5.41, 5.74) is 1.22. The summed E-state index contributed by atoms with van der Waals surface area (Å²) in [6.45, 7) is 3.92. The van der Waals surface area contributed by atoms with Gasteiger partial charge in [-0.2, -0.15) is 4.31 Å². The molecule has 30 heavy (non-hydrogen) atoms. The number of piperazine rings is 1. The predicted octanol–water partition coefficient (Wildman–Crippen LogP) is 2.43. The smallest absolute Gasteiger partial charge is 0.270 e. The Bertz CT molecular complexity index is 1030. The third-order valence-electron chi connectivity index (χ3n) is 5.21. The molecule has 3 rings (SSSR count). The van der Waals surface area contributed by atoms with Crippen molar-refractivity contribution in [3.8, 4) is 11.5 Å². The largest absolute Gasteiger partial charge is 0.497 e. The normalized spacial score (nSPS) is 15.7. The zero-order valence-electron chi connectivity index (χ0n) is 17.2. The Labute approximate surface area is 176 Å². The quantitative estimate of drug-likeness (QED) is 0.486. The van der Waals surface area contributed by atoms with Gasteiger partial charge in [-0.15, -0.1) is 0 Å². The number of sulfonamides is 1. The summed E-state index contributed by atoms with van der Waals surface area (Å²) in [7, 11) is -0.600. The molecule has 1 aliphatic heterocycles. The maximum absolute atomic E-state index is 13.1. The van der Waals surface area contributed by atoms with Gasteiger partial charge in [-0.3, -0.25) is 15.0 Å². The van der Waals surface area contributed by atoms with Crippen LogP contribution in [0.4, 0.5) is 5.69 Å². The predicted molar refractivity (Wildman–Crippen MR) is 111 cm³/mol. The molecule has 1 saturated heterocycles. The van der Waals surface area contributed by atoms with Gasteiger partial charge in [0.2, 0.25) is 10.0 Å². The fraction of sp³-hybridized carbons (Fsp3) is 0.400. The van der Waals surface area contributed by atoms with Crippen molar-refractivity contribution in [3.63, 3.8) is 0 Å². The Hall–Kier alpha value is -2.69. The molecule has 0 amide bonds. The Morgan fingerprint density at radius 2 is 1.73 bits per heavy atom. The van der Waals surface area contributed by atoms with Crippen LogP contribution >= 0.6 is 0 Å². The van der Waals surface area contributed by atoms with E-state index in [0.29, 0.717) is 38.3 Å². The van der Waals surface area contributed by atoms with E-state index in [9.17, 15) is 18.5 Å². The molecule has 0 atom stereocenters. The lowest BCUT2D eigenvalue weighted by atomic mass is 10.1. The van der Waals surface area contributed by atoms with Crippen LogP contribution in [0.2, 0.25) is 0 Å². The van der Waals surface area contributed by atoms with Gasteiger partial charge in [-0.25, -0.2) is 8.42 Å². The number of rotatable bonds is 7. The van der Waals surface area contributed by atoms with Crippen molar-refractivity contribution in [1.29, 1.82) is 0 Å². The van der Waals surface area contributed by atoms with Gasteiger partial charge >= 0.3 is 0 Å². The number of benzene rings is 2. The minimum atomic E-state index is -3.81. The molecular weight excluding hydrogens is 410 g/mol. The number of methoxy groups -OCH3 is 2. The van der Waals surface area contributed by atoms with Crippen LogP contribution in [-0.4, -0.2) is 62.9 Å². The second kappa shape index (κ2) is 8.99.